The summed E-state index contributed by atoms with van der Waals surface area (Å²) in [6, 6.07) is 2.41. The molecule has 18 heteroatoms. The molecule has 4 rings (SSSR count). The van der Waals surface area contributed by atoms with Gasteiger partial charge in [0.25, 0.3) is 0 Å². The van der Waals surface area contributed by atoms with Crippen LogP contribution in [0.25, 0.3) is 0 Å². The van der Waals surface area contributed by atoms with E-state index in [1.54, 1.807) is 27.7 Å². The lowest BCUT2D eigenvalue weighted by Gasteiger charge is -2.44. The summed E-state index contributed by atoms with van der Waals surface area (Å²) >= 11 is -2.23. The van der Waals surface area contributed by atoms with Crippen LogP contribution in [0.15, 0.2) is 24.3 Å². The molecule has 0 saturated heterocycles. The largest absolute Gasteiger partial charge is 0.642 e. The molecule has 256 valence electrons. The third-order valence-electron chi connectivity index (χ3n) is 8.00. The minimum Gasteiger partial charge on any atom is -0.642 e. The Kier molecular flexibility index (Phi) is 10.2. The number of benzene rings is 4. The molecule has 0 aliphatic heterocycles. The lowest BCUT2D eigenvalue weighted by molar-refractivity contribution is 0.380. The molecule has 4 aromatic rings. The average Bonchev–Trinajstić information content (AvgIpc) is 3.05. The molecular formula is C30H18AlBF15O-. The van der Waals surface area contributed by atoms with Crippen molar-refractivity contribution in [3.8, 4) is 5.75 Å². The van der Waals surface area contributed by atoms with Gasteiger partial charge in [0.2, 0.25) is 0 Å². The smallest absolute Gasteiger partial charge is 0.552 e. The molecule has 48 heavy (non-hydrogen) atoms. The van der Waals surface area contributed by atoms with Crippen LogP contribution in [0.1, 0.15) is 27.7 Å². The Hall–Kier alpha value is -3.77. The monoisotopic (exact) mass is 717 g/mol. The molecule has 0 saturated carbocycles. The van der Waals surface area contributed by atoms with Gasteiger partial charge in [0, 0.05) is 0 Å². The molecule has 1 nitrogen and oxygen atoms in total. The fourth-order valence-corrected chi connectivity index (χ4v) is 8.53. The fraction of sp³-hybridized carbons (Fsp3) is 0.200. The molecule has 0 amide bonds. The second-order valence-electron chi connectivity index (χ2n) is 11.5. The fourth-order valence-electron chi connectivity index (χ4n) is 5.97. The first-order chi connectivity index (χ1) is 22.2. The SMILES string of the molecule is C[CH](C)[Al]([O]c1ccc([B-](c2c(F)c(F)c(F)c(F)c2F)(c2c(F)c(F)c(F)c(F)c2F)c2c(F)c(F)c(F)c(F)c2F)cc1)[CH](C)C. The normalized spacial score (nSPS) is 12.0. The second-order valence-corrected chi connectivity index (χ2v) is 15.3. The van der Waals surface area contributed by atoms with Gasteiger partial charge in [0.1, 0.15) is 41.0 Å². The highest BCUT2D eigenvalue weighted by atomic mass is 27.2. The number of hydrogen-bond donors (Lipinski definition) is 0. The zero-order valence-corrected chi connectivity index (χ0v) is 25.9. The van der Waals surface area contributed by atoms with Gasteiger partial charge in [-0.25, -0.2) is 65.9 Å². The van der Waals surface area contributed by atoms with Crippen LogP contribution in [0.3, 0.4) is 0 Å². The maximum Gasteiger partial charge on any atom is 0.552 e. The summed E-state index contributed by atoms with van der Waals surface area (Å²) < 4.78 is 231. The van der Waals surface area contributed by atoms with Crippen LogP contribution in [-0.2, 0) is 0 Å². The van der Waals surface area contributed by atoms with Gasteiger partial charge in [-0.3, -0.25) is 0 Å². The van der Waals surface area contributed by atoms with Gasteiger partial charge < -0.3 is 3.79 Å². The van der Waals surface area contributed by atoms with Crippen LogP contribution in [0, 0.1) is 87.3 Å². The molecule has 0 fully saturated rings. The summed E-state index contributed by atoms with van der Waals surface area (Å²) in [4.78, 5) is 0. The molecule has 0 spiro atoms. The van der Waals surface area contributed by atoms with Crippen molar-refractivity contribution in [2.45, 2.75) is 37.3 Å². The van der Waals surface area contributed by atoms with Crippen molar-refractivity contribution in [1.29, 1.82) is 0 Å². The first-order valence-electron chi connectivity index (χ1n) is 13.7. The van der Waals surface area contributed by atoms with Crippen LogP contribution in [0.5, 0.6) is 5.75 Å². The van der Waals surface area contributed by atoms with Gasteiger partial charge in [-0.1, -0.05) is 39.8 Å². The van der Waals surface area contributed by atoms with Crippen molar-refractivity contribution in [2.75, 3.05) is 0 Å². The molecule has 0 aliphatic carbocycles. The summed E-state index contributed by atoms with van der Waals surface area (Å²) in [7, 11) is 0. The van der Waals surface area contributed by atoms with Crippen LogP contribution in [0.4, 0.5) is 65.9 Å². The van der Waals surface area contributed by atoms with E-state index in [4.69, 9.17) is 3.79 Å². The molecule has 0 heterocycles. The molecule has 0 unspecified atom stereocenters. The molecule has 0 radical (unpaired) electrons. The highest BCUT2D eigenvalue weighted by Crippen LogP contribution is 2.29. The number of halogens is 15. The van der Waals surface area contributed by atoms with E-state index < -0.39 is 130 Å². The highest BCUT2D eigenvalue weighted by Gasteiger charge is 2.49. The molecular weight excluding hydrogens is 699 g/mol. The van der Waals surface area contributed by atoms with E-state index >= 15 is 26.3 Å². The van der Waals surface area contributed by atoms with Crippen molar-refractivity contribution in [3.63, 3.8) is 0 Å². The molecule has 0 bridgehead atoms. The number of hydrogen-bond acceptors (Lipinski definition) is 1. The maximum atomic E-state index is 15.7. The van der Waals surface area contributed by atoms with E-state index in [1.807, 2.05) is 0 Å². The van der Waals surface area contributed by atoms with Gasteiger partial charge in [0.05, 0.1) is 5.75 Å². The van der Waals surface area contributed by atoms with Crippen molar-refractivity contribution in [1.82, 2.24) is 0 Å². The summed E-state index contributed by atoms with van der Waals surface area (Å²) in [6.07, 6.45) is -5.83. The van der Waals surface area contributed by atoms with E-state index in [9.17, 15) is 39.5 Å². The third kappa shape index (κ3) is 5.50. The highest BCUT2D eigenvalue weighted by molar-refractivity contribution is 7.20. The van der Waals surface area contributed by atoms with Gasteiger partial charge in [-0.2, -0.15) is 5.46 Å². The maximum absolute atomic E-state index is 15.7. The Balaban J connectivity index is 2.40. The average molecular weight is 717 g/mol. The van der Waals surface area contributed by atoms with Gasteiger partial charge in [-0.15, -0.1) is 16.4 Å². The summed E-state index contributed by atoms with van der Waals surface area (Å²) in [5.74, 6) is -45.8. The standard InChI is InChI=1S/C24H5BF15O.2C3H7.Al/c26-10-7(11(27)17(33)22(38)16(10)32)25(5-1-3-6(41)4-2-5,8-12(28)18(34)23(39)19(35)13(8)29)9-14(30)20(36)24(40)21(37)15(9)31;2*1-3-2;/h1-4,41H;2*3H,1-2H3;/q-1;;;+1/p-1. The van der Waals surface area contributed by atoms with Crippen LogP contribution < -0.4 is 25.6 Å². The van der Waals surface area contributed by atoms with Crippen LogP contribution in [-0.4, -0.2) is 20.6 Å². The van der Waals surface area contributed by atoms with Gasteiger partial charge in [0.15, 0.2) is 52.4 Å². The summed E-state index contributed by atoms with van der Waals surface area (Å²) in [5.41, 5.74) is -9.50. The van der Waals surface area contributed by atoms with E-state index in [2.05, 4.69) is 0 Å². The van der Waals surface area contributed by atoms with Crippen LogP contribution in [0.2, 0.25) is 9.56 Å². The Morgan fingerprint density at radius 2 is 0.625 bits per heavy atom. The third-order valence-corrected chi connectivity index (χ3v) is 11.2. The minimum atomic E-state index is -5.83. The van der Waals surface area contributed by atoms with Gasteiger partial charge in [-0.05, 0) is 21.7 Å². The van der Waals surface area contributed by atoms with Crippen molar-refractivity contribution < 1.29 is 69.6 Å². The second kappa shape index (κ2) is 13.3. The molecule has 4 aromatic carbocycles. The first-order valence-corrected chi connectivity index (χ1v) is 15.5. The van der Waals surface area contributed by atoms with E-state index in [0.29, 0.717) is 12.1 Å². The van der Waals surface area contributed by atoms with Gasteiger partial charge >= 0.3 is 14.5 Å². The zero-order chi connectivity index (χ0) is 36.3. The Morgan fingerprint density at radius 1 is 0.396 bits per heavy atom. The molecule has 0 aliphatic rings. The van der Waals surface area contributed by atoms with E-state index in [0.717, 1.165) is 12.1 Å². The van der Waals surface area contributed by atoms with Crippen molar-refractivity contribution in [2.24, 2.45) is 0 Å². The molecule has 0 aromatic heterocycles. The minimum absolute atomic E-state index is 0.0805. The predicted molar refractivity (Wildman–Crippen MR) is 146 cm³/mol. The Labute approximate surface area is 266 Å². The van der Waals surface area contributed by atoms with E-state index in [-0.39, 0.29) is 15.3 Å². The van der Waals surface area contributed by atoms with Crippen molar-refractivity contribution >= 4 is 42.5 Å². The summed E-state index contributed by atoms with van der Waals surface area (Å²) in [6.45, 7) is 7.09. The first kappa shape index (κ1) is 37.1. The summed E-state index contributed by atoms with van der Waals surface area (Å²) in [5, 5.41) is 0. The predicted octanol–water partition coefficient (Wildman–Crippen LogP) is 7.34. The van der Waals surface area contributed by atoms with Crippen molar-refractivity contribution in [3.05, 3.63) is 112 Å². The topological polar surface area (TPSA) is 9.23 Å². The molecule has 0 atom stereocenters. The lowest BCUT2D eigenvalue weighted by atomic mass is 9.12. The Morgan fingerprint density at radius 3 is 0.854 bits per heavy atom. The zero-order valence-electron chi connectivity index (χ0n) is 24.7. The quantitative estimate of drug-likeness (QED) is 0.0803. The van der Waals surface area contributed by atoms with Crippen LogP contribution >= 0.6 is 0 Å². The Bertz CT molecular complexity index is 1670. The number of rotatable bonds is 8. The van der Waals surface area contributed by atoms with E-state index in [1.165, 1.54) is 0 Å². The lowest BCUT2D eigenvalue weighted by Crippen LogP contribution is -2.79. The molecule has 0 N–H and O–H groups in total.